The van der Waals surface area contributed by atoms with E-state index >= 15 is 0 Å². The van der Waals surface area contributed by atoms with Gasteiger partial charge < -0.3 is 9.97 Å². The van der Waals surface area contributed by atoms with E-state index < -0.39 is 11.7 Å². The van der Waals surface area contributed by atoms with Gasteiger partial charge in [-0.15, -0.1) is 0 Å². The Morgan fingerprint density at radius 3 is 2.86 bits per heavy atom. The number of aromatic amines is 2. The predicted octanol–water partition coefficient (Wildman–Crippen LogP) is 2.85. The Morgan fingerprint density at radius 2 is 2.07 bits per heavy atom. The number of nitrogens with one attached hydrogen (secondary N) is 4. The van der Waals surface area contributed by atoms with Crippen LogP contribution in [0, 0.1) is 10.6 Å². The predicted molar refractivity (Wildman–Crippen MR) is 106 cm³/mol. The van der Waals surface area contributed by atoms with E-state index in [9.17, 15) is 14.0 Å². The Labute approximate surface area is 162 Å². The Kier molecular flexibility index (Phi) is 4.40. The monoisotopic (exact) mass is 398 g/mol. The number of benzene rings is 2. The molecule has 2 aromatic carbocycles. The molecule has 0 atom stereocenters. The summed E-state index contributed by atoms with van der Waals surface area (Å²) in [4.78, 5) is 35.2. The van der Waals surface area contributed by atoms with Gasteiger partial charge in [0.15, 0.2) is 4.77 Å². The molecule has 4 N–H and O–H groups in total. The number of hydrazine groups is 1. The van der Waals surface area contributed by atoms with Gasteiger partial charge in [0.1, 0.15) is 5.82 Å². The molecule has 4 aromatic rings. The summed E-state index contributed by atoms with van der Waals surface area (Å²) in [5, 5.41) is 0.480. The van der Waals surface area contributed by atoms with Crippen molar-refractivity contribution in [2.75, 3.05) is 5.43 Å². The first-order valence-corrected chi connectivity index (χ1v) is 8.86. The van der Waals surface area contributed by atoms with E-state index in [0.29, 0.717) is 28.5 Å². The number of carbonyl (C=O) groups excluding carboxylic acids is 1. The second-order valence-electron chi connectivity index (χ2n) is 6.04. The van der Waals surface area contributed by atoms with Crippen LogP contribution in [-0.2, 0) is 6.54 Å². The molecule has 0 radical (unpaired) electrons. The van der Waals surface area contributed by atoms with Crippen molar-refractivity contribution in [1.82, 2.24) is 24.9 Å². The third-order valence-electron chi connectivity index (χ3n) is 4.30. The van der Waals surface area contributed by atoms with E-state index in [1.165, 1.54) is 10.6 Å². The number of carbonyl (C=O) groups is 1. The molecular weight excluding hydrogens is 383 g/mol. The minimum Gasteiger partial charge on any atom is -0.331 e. The van der Waals surface area contributed by atoms with E-state index in [0.717, 1.165) is 6.07 Å². The van der Waals surface area contributed by atoms with E-state index in [4.69, 9.17) is 12.2 Å². The summed E-state index contributed by atoms with van der Waals surface area (Å²) in [6.07, 6.45) is 0. The maximum absolute atomic E-state index is 13.8. The molecular formula is C18H15FN6O2S. The number of hydrogen-bond acceptors (Lipinski definition) is 5. The molecule has 4 rings (SSSR count). The number of amides is 1. The molecule has 2 heterocycles. The SMILES string of the molecule is CCn1c(NNC(=O)c2cc(F)cc3[nH]c(=S)[nH]c23)nc2ccccc2c1=O. The summed E-state index contributed by atoms with van der Waals surface area (Å²) in [5.74, 6) is -1.02. The van der Waals surface area contributed by atoms with Gasteiger partial charge in [0.2, 0.25) is 5.95 Å². The smallest absolute Gasteiger partial charge is 0.271 e. The van der Waals surface area contributed by atoms with Crippen molar-refractivity contribution in [3.63, 3.8) is 0 Å². The fraction of sp³-hybridized carbons (Fsp3) is 0.111. The molecule has 0 bridgehead atoms. The van der Waals surface area contributed by atoms with Gasteiger partial charge in [-0.05, 0) is 43.4 Å². The number of fused-ring (bicyclic) bond motifs is 2. The quantitative estimate of drug-likeness (QED) is 0.312. The maximum atomic E-state index is 13.8. The van der Waals surface area contributed by atoms with Crippen molar-refractivity contribution >= 4 is 46.0 Å². The van der Waals surface area contributed by atoms with Crippen molar-refractivity contribution < 1.29 is 9.18 Å². The van der Waals surface area contributed by atoms with Crippen LogP contribution in [0.4, 0.5) is 10.3 Å². The van der Waals surface area contributed by atoms with Crippen molar-refractivity contribution in [2.24, 2.45) is 0 Å². The maximum Gasteiger partial charge on any atom is 0.271 e. The van der Waals surface area contributed by atoms with Crippen molar-refractivity contribution in [3.8, 4) is 0 Å². The lowest BCUT2D eigenvalue weighted by Crippen LogP contribution is -2.34. The molecule has 0 fully saturated rings. The molecule has 142 valence electrons. The Hall–Kier alpha value is -3.53. The largest absolute Gasteiger partial charge is 0.331 e. The summed E-state index contributed by atoms with van der Waals surface area (Å²) >= 11 is 5.01. The van der Waals surface area contributed by atoms with Gasteiger partial charge in [-0.3, -0.25) is 25.0 Å². The molecule has 0 saturated heterocycles. The number of imidazole rings is 1. The zero-order valence-corrected chi connectivity index (χ0v) is 15.5. The zero-order chi connectivity index (χ0) is 19.8. The Bertz CT molecular complexity index is 1340. The number of hydrogen-bond donors (Lipinski definition) is 4. The van der Waals surface area contributed by atoms with E-state index in [2.05, 4.69) is 25.8 Å². The lowest BCUT2D eigenvalue weighted by Gasteiger charge is -2.14. The van der Waals surface area contributed by atoms with Gasteiger partial charge in [0.05, 0.1) is 27.5 Å². The number of H-pyrrole nitrogens is 2. The summed E-state index contributed by atoms with van der Waals surface area (Å²) < 4.78 is 15.5. The van der Waals surface area contributed by atoms with Crippen molar-refractivity contribution in [3.05, 3.63) is 62.9 Å². The Morgan fingerprint density at radius 1 is 1.29 bits per heavy atom. The summed E-state index contributed by atoms with van der Waals surface area (Å²) in [6, 6.07) is 9.27. The Balaban J connectivity index is 1.69. The third kappa shape index (κ3) is 3.03. The van der Waals surface area contributed by atoms with Gasteiger partial charge in [-0.25, -0.2) is 9.37 Å². The van der Waals surface area contributed by atoms with Crippen LogP contribution in [-0.4, -0.2) is 25.4 Å². The summed E-state index contributed by atoms with van der Waals surface area (Å²) in [6.45, 7) is 2.14. The lowest BCUT2D eigenvalue weighted by molar-refractivity contribution is 0.0963. The first kappa shape index (κ1) is 17.9. The fourth-order valence-corrected chi connectivity index (χ4v) is 3.24. The van der Waals surface area contributed by atoms with E-state index in [1.54, 1.807) is 31.2 Å². The number of rotatable bonds is 4. The van der Waals surface area contributed by atoms with Crippen LogP contribution < -0.4 is 16.4 Å². The van der Waals surface area contributed by atoms with Gasteiger partial charge in [0, 0.05) is 6.54 Å². The molecule has 8 nitrogen and oxygen atoms in total. The zero-order valence-electron chi connectivity index (χ0n) is 14.7. The minimum absolute atomic E-state index is 0.0565. The normalized spacial score (nSPS) is 11.1. The molecule has 0 aliphatic heterocycles. The summed E-state index contributed by atoms with van der Waals surface area (Å²) in [5.41, 5.74) is 6.21. The molecule has 0 aliphatic carbocycles. The first-order chi connectivity index (χ1) is 13.5. The molecule has 1 amide bonds. The number of para-hydroxylation sites is 1. The molecule has 0 saturated carbocycles. The standard InChI is InChI=1S/C18H15FN6O2S/c1-2-25-16(27)10-5-3-4-6-12(10)20-17(25)24-23-15(26)11-7-9(19)8-13-14(11)22-18(28)21-13/h3-8H,2H2,1H3,(H,20,24)(H,23,26)(H2,21,22,28). The highest BCUT2D eigenvalue weighted by atomic mass is 32.1. The molecule has 0 aliphatic rings. The highest BCUT2D eigenvalue weighted by Gasteiger charge is 2.15. The molecule has 2 aromatic heterocycles. The van der Waals surface area contributed by atoms with E-state index in [-0.39, 0.29) is 21.8 Å². The fourth-order valence-electron chi connectivity index (χ4n) is 3.02. The average Bonchev–Trinajstić information content (AvgIpc) is 3.05. The van der Waals surface area contributed by atoms with Gasteiger partial charge >= 0.3 is 0 Å². The lowest BCUT2D eigenvalue weighted by atomic mass is 10.1. The highest BCUT2D eigenvalue weighted by molar-refractivity contribution is 7.71. The van der Waals surface area contributed by atoms with Crippen LogP contribution in [0.15, 0.2) is 41.2 Å². The number of nitrogens with zero attached hydrogens (tertiary/aromatic N) is 2. The number of aromatic nitrogens is 4. The molecule has 0 spiro atoms. The molecule has 10 heteroatoms. The topological polar surface area (TPSA) is 108 Å². The van der Waals surface area contributed by atoms with Crippen molar-refractivity contribution in [1.29, 1.82) is 0 Å². The second kappa shape index (κ2) is 6.89. The van der Waals surface area contributed by atoms with E-state index in [1.807, 2.05) is 0 Å². The first-order valence-electron chi connectivity index (χ1n) is 8.45. The summed E-state index contributed by atoms with van der Waals surface area (Å²) in [7, 11) is 0. The molecule has 0 unspecified atom stereocenters. The van der Waals surface area contributed by atoms with Crippen LogP contribution in [0.2, 0.25) is 0 Å². The second-order valence-corrected chi connectivity index (χ2v) is 6.44. The minimum atomic E-state index is -0.611. The van der Waals surface area contributed by atoms with Gasteiger partial charge in [-0.2, -0.15) is 0 Å². The van der Waals surface area contributed by atoms with Crippen LogP contribution in [0.25, 0.3) is 21.9 Å². The van der Waals surface area contributed by atoms with Crippen LogP contribution in [0.1, 0.15) is 17.3 Å². The van der Waals surface area contributed by atoms with Crippen LogP contribution in [0.3, 0.4) is 0 Å². The van der Waals surface area contributed by atoms with Crippen molar-refractivity contribution in [2.45, 2.75) is 13.5 Å². The number of halogens is 1. The van der Waals surface area contributed by atoms with Gasteiger partial charge in [-0.1, -0.05) is 12.1 Å². The average molecular weight is 398 g/mol. The van der Waals surface area contributed by atoms with Gasteiger partial charge in [0.25, 0.3) is 11.5 Å². The van der Waals surface area contributed by atoms with Crippen LogP contribution >= 0.6 is 12.2 Å². The third-order valence-corrected chi connectivity index (χ3v) is 4.50. The number of anilines is 1. The molecule has 28 heavy (non-hydrogen) atoms. The van der Waals surface area contributed by atoms with Crippen LogP contribution in [0.5, 0.6) is 0 Å². The highest BCUT2D eigenvalue weighted by Crippen LogP contribution is 2.18.